The molecular weight excluding hydrogens is 460 g/mol. The highest BCUT2D eigenvalue weighted by atomic mass is 35.5. The van der Waals surface area contributed by atoms with Crippen LogP contribution in [0.3, 0.4) is 0 Å². The fraction of sp³-hybridized carbons (Fsp3) is 0.310. The van der Waals surface area contributed by atoms with Crippen LogP contribution in [0.15, 0.2) is 78.9 Å². The van der Waals surface area contributed by atoms with Gasteiger partial charge in [0.2, 0.25) is 5.91 Å². The third-order valence-electron chi connectivity index (χ3n) is 5.93. The molecule has 0 fully saturated rings. The van der Waals surface area contributed by atoms with Crippen molar-refractivity contribution in [1.29, 1.82) is 0 Å². The van der Waals surface area contributed by atoms with E-state index in [1.165, 1.54) is 0 Å². The van der Waals surface area contributed by atoms with Crippen LogP contribution in [0.25, 0.3) is 0 Å². The summed E-state index contributed by atoms with van der Waals surface area (Å²) in [6, 6.07) is 24.1. The molecule has 35 heavy (non-hydrogen) atoms. The molecule has 0 aliphatic heterocycles. The number of carbonyl (C=O) groups excluding carboxylic acids is 2. The van der Waals surface area contributed by atoms with Gasteiger partial charge in [-0.3, -0.25) is 9.59 Å². The number of para-hydroxylation sites is 1. The summed E-state index contributed by atoms with van der Waals surface area (Å²) < 4.78 is 5.76. The maximum absolute atomic E-state index is 13.6. The van der Waals surface area contributed by atoms with Gasteiger partial charge in [-0.25, -0.2) is 0 Å². The summed E-state index contributed by atoms with van der Waals surface area (Å²) in [5.74, 6) is -0.0337. The zero-order valence-corrected chi connectivity index (χ0v) is 21.3. The molecule has 0 bridgehead atoms. The van der Waals surface area contributed by atoms with Crippen LogP contribution in [0, 0.1) is 6.92 Å². The third-order valence-corrected chi connectivity index (χ3v) is 6.25. The lowest BCUT2D eigenvalue weighted by Gasteiger charge is -2.32. The molecule has 0 radical (unpaired) electrons. The lowest BCUT2D eigenvalue weighted by molar-refractivity contribution is -0.143. The standard InChI is InChI=1S/C29H33ClN2O3/c1-4-22(3)31-29(34)26(18-23-10-6-5-7-11-23)32(19-24-16-14-21(2)15-17-24)28(33)20-35-27-13-9-8-12-25(27)30/h5-17,22,26H,4,18-20H2,1-3H3,(H,31,34)/t22-,26+/m1/s1. The summed E-state index contributed by atoms with van der Waals surface area (Å²) in [5.41, 5.74) is 3.05. The van der Waals surface area contributed by atoms with Gasteiger partial charge < -0.3 is 15.0 Å². The van der Waals surface area contributed by atoms with Gasteiger partial charge in [0.05, 0.1) is 5.02 Å². The molecule has 2 amide bonds. The highest BCUT2D eigenvalue weighted by Gasteiger charge is 2.31. The number of benzene rings is 3. The van der Waals surface area contributed by atoms with E-state index in [0.29, 0.717) is 17.2 Å². The molecule has 3 aromatic rings. The van der Waals surface area contributed by atoms with E-state index in [1.54, 1.807) is 29.2 Å². The lowest BCUT2D eigenvalue weighted by Crippen LogP contribution is -2.53. The lowest BCUT2D eigenvalue weighted by atomic mass is 10.0. The number of nitrogens with one attached hydrogen (secondary N) is 1. The Morgan fingerprint density at radius 2 is 1.60 bits per heavy atom. The van der Waals surface area contributed by atoms with Gasteiger partial charge in [0.15, 0.2) is 6.61 Å². The summed E-state index contributed by atoms with van der Waals surface area (Å²) in [4.78, 5) is 28.7. The molecule has 0 saturated carbocycles. The maximum Gasteiger partial charge on any atom is 0.261 e. The summed E-state index contributed by atoms with van der Waals surface area (Å²) >= 11 is 6.21. The molecule has 0 spiro atoms. The van der Waals surface area contributed by atoms with Crippen molar-refractivity contribution in [2.45, 2.75) is 52.2 Å². The summed E-state index contributed by atoms with van der Waals surface area (Å²) in [7, 11) is 0. The molecule has 1 N–H and O–H groups in total. The van der Waals surface area contributed by atoms with Crippen molar-refractivity contribution < 1.29 is 14.3 Å². The smallest absolute Gasteiger partial charge is 0.261 e. The quantitative estimate of drug-likeness (QED) is 0.380. The first-order chi connectivity index (χ1) is 16.9. The van der Waals surface area contributed by atoms with Crippen molar-refractivity contribution in [3.8, 4) is 5.75 Å². The Bertz CT molecular complexity index is 1100. The van der Waals surface area contributed by atoms with Crippen LogP contribution in [-0.4, -0.2) is 35.4 Å². The van der Waals surface area contributed by atoms with E-state index in [1.807, 2.05) is 75.4 Å². The molecule has 3 aromatic carbocycles. The predicted octanol–water partition coefficient (Wildman–Crippen LogP) is 5.58. The highest BCUT2D eigenvalue weighted by Crippen LogP contribution is 2.23. The van der Waals surface area contributed by atoms with E-state index >= 15 is 0 Å². The minimum absolute atomic E-state index is 0.00326. The first-order valence-corrected chi connectivity index (χ1v) is 12.3. The Morgan fingerprint density at radius 3 is 2.26 bits per heavy atom. The van der Waals surface area contributed by atoms with Crippen LogP contribution in [0.1, 0.15) is 37.0 Å². The number of rotatable bonds is 11. The Hall–Kier alpha value is -3.31. The molecule has 0 unspecified atom stereocenters. The first-order valence-electron chi connectivity index (χ1n) is 11.9. The van der Waals surface area contributed by atoms with Crippen molar-refractivity contribution in [3.05, 3.63) is 101 Å². The highest BCUT2D eigenvalue weighted by molar-refractivity contribution is 6.32. The number of carbonyl (C=O) groups is 2. The predicted molar refractivity (Wildman–Crippen MR) is 141 cm³/mol. The molecule has 0 aromatic heterocycles. The van der Waals surface area contributed by atoms with Gasteiger partial charge in [0, 0.05) is 19.0 Å². The third kappa shape index (κ3) is 7.86. The summed E-state index contributed by atoms with van der Waals surface area (Å²) in [6.07, 6.45) is 1.19. The van der Waals surface area contributed by atoms with Gasteiger partial charge in [0.1, 0.15) is 11.8 Å². The molecule has 2 atom stereocenters. The molecule has 0 aliphatic carbocycles. The van der Waals surface area contributed by atoms with Crippen molar-refractivity contribution in [2.75, 3.05) is 6.61 Å². The fourth-order valence-corrected chi connectivity index (χ4v) is 3.86. The topological polar surface area (TPSA) is 58.6 Å². The monoisotopic (exact) mass is 492 g/mol. The summed E-state index contributed by atoms with van der Waals surface area (Å²) in [6.45, 7) is 6.06. The fourth-order valence-electron chi connectivity index (χ4n) is 3.67. The van der Waals surface area contributed by atoms with Crippen LogP contribution < -0.4 is 10.1 Å². The maximum atomic E-state index is 13.6. The molecule has 3 rings (SSSR count). The normalized spacial score (nSPS) is 12.5. The first kappa shape index (κ1) is 26.3. The van der Waals surface area contributed by atoms with Gasteiger partial charge in [-0.1, -0.05) is 90.8 Å². The minimum atomic E-state index is -0.699. The van der Waals surface area contributed by atoms with Crippen LogP contribution in [0.5, 0.6) is 5.75 Å². The van der Waals surface area contributed by atoms with Gasteiger partial charge >= 0.3 is 0 Å². The number of aryl methyl sites for hydroxylation is 1. The Balaban J connectivity index is 1.91. The van der Waals surface area contributed by atoms with E-state index in [9.17, 15) is 9.59 Å². The Labute approximate surface area is 213 Å². The van der Waals surface area contributed by atoms with Gasteiger partial charge in [-0.2, -0.15) is 0 Å². The van der Waals surface area contributed by atoms with Crippen LogP contribution in [0.2, 0.25) is 5.02 Å². The number of ether oxygens (including phenoxy) is 1. The average molecular weight is 493 g/mol. The Morgan fingerprint density at radius 1 is 0.943 bits per heavy atom. The van der Waals surface area contributed by atoms with E-state index < -0.39 is 6.04 Å². The molecule has 184 valence electrons. The van der Waals surface area contributed by atoms with Crippen molar-refractivity contribution in [1.82, 2.24) is 10.2 Å². The van der Waals surface area contributed by atoms with Gasteiger partial charge in [-0.15, -0.1) is 0 Å². The minimum Gasteiger partial charge on any atom is -0.482 e. The van der Waals surface area contributed by atoms with Gasteiger partial charge in [-0.05, 0) is 43.5 Å². The number of amides is 2. The van der Waals surface area contributed by atoms with E-state index in [2.05, 4.69) is 5.32 Å². The second kappa shape index (κ2) is 13.0. The molecule has 6 heteroatoms. The molecule has 0 saturated heterocycles. The summed E-state index contributed by atoms with van der Waals surface area (Å²) in [5, 5.41) is 3.50. The van der Waals surface area contributed by atoms with E-state index in [0.717, 1.165) is 23.1 Å². The van der Waals surface area contributed by atoms with Crippen molar-refractivity contribution >= 4 is 23.4 Å². The SMILES string of the molecule is CC[C@@H](C)NC(=O)[C@H](Cc1ccccc1)N(Cc1ccc(C)cc1)C(=O)COc1ccccc1Cl. The molecule has 0 aliphatic rings. The zero-order valence-electron chi connectivity index (χ0n) is 20.5. The van der Waals surface area contributed by atoms with Crippen LogP contribution in [0.4, 0.5) is 0 Å². The second-order valence-electron chi connectivity index (χ2n) is 8.75. The van der Waals surface area contributed by atoms with Gasteiger partial charge in [0.25, 0.3) is 5.91 Å². The zero-order chi connectivity index (χ0) is 25.2. The van der Waals surface area contributed by atoms with E-state index in [4.69, 9.17) is 16.3 Å². The van der Waals surface area contributed by atoms with Crippen LogP contribution in [-0.2, 0) is 22.6 Å². The number of halogens is 1. The number of hydrogen-bond donors (Lipinski definition) is 1. The number of nitrogens with zero attached hydrogens (tertiary/aromatic N) is 1. The largest absolute Gasteiger partial charge is 0.482 e. The van der Waals surface area contributed by atoms with E-state index in [-0.39, 0.29) is 31.0 Å². The van der Waals surface area contributed by atoms with Crippen molar-refractivity contribution in [2.24, 2.45) is 0 Å². The molecule has 0 heterocycles. The van der Waals surface area contributed by atoms with Crippen LogP contribution >= 0.6 is 11.6 Å². The second-order valence-corrected chi connectivity index (χ2v) is 9.16. The molecular formula is C29H33ClN2O3. The Kier molecular flexibility index (Phi) is 9.74. The van der Waals surface area contributed by atoms with Crippen molar-refractivity contribution in [3.63, 3.8) is 0 Å². The molecule has 5 nitrogen and oxygen atoms in total. The average Bonchev–Trinajstić information content (AvgIpc) is 2.87. The number of hydrogen-bond acceptors (Lipinski definition) is 3.